The summed E-state index contributed by atoms with van der Waals surface area (Å²) in [4.78, 5) is 0. The summed E-state index contributed by atoms with van der Waals surface area (Å²) in [6.45, 7) is 11.9. The van der Waals surface area contributed by atoms with Crippen LogP contribution in [0, 0.1) is 5.92 Å². The molecule has 0 fully saturated rings. The third kappa shape index (κ3) is 9.13. The predicted octanol–water partition coefficient (Wildman–Crippen LogP) is 5.56. The summed E-state index contributed by atoms with van der Waals surface area (Å²) in [6, 6.07) is 0. The standard InChI is InChI=1S/C12H28P.C2F6NO4S2/c1-6-12(7-2)11-13(8-3,9-4)10-5;3-1(4,5)14(10,11)9-15(12,13)2(6,7)8/h12H,6-11H2,1-5H3;/q+1;-1. The van der Waals surface area contributed by atoms with Gasteiger partial charge in [-0.15, -0.1) is 0 Å². The van der Waals surface area contributed by atoms with E-state index in [0.29, 0.717) is 0 Å². The second-order valence-corrected chi connectivity index (χ2v) is 14.4. The lowest BCUT2D eigenvalue weighted by Gasteiger charge is -2.27. The van der Waals surface area contributed by atoms with Crippen LogP contribution in [0.4, 0.5) is 26.3 Å². The second-order valence-electron chi connectivity index (χ2n) is 6.07. The Hall–Kier alpha value is -0.130. The number of alkyl halides is 6. The molecule has 0 radical (unpaired) electrons. The summed E-state index contributed by atoms with van der Waals surface area (Å²) in [6.07, 6.45) is 8.74. The SMILES string of the molecule is CCC(CC)C[P+](CC)(CC)CC.O=S(=O)([N-]S(=O)(=O)C(F)(F)F)C(F)(F)F. The summed E-state index contributed by atoms with van der Waals surface area (Å²) >= 11 is 0. The number of rotatable bonds is 9. The van der Waals surface area contributed by atoms with Gasteiger partial charge >= 0.3 is 11.0 Å². The summed E-state index contributed by atoms with van der Waals surface area (Å²) in [5.41, 5.74) is -12.4. The van der Waals surface area contributed by atoms with E-state index in [1.54, 1.807) is 6.16 Å². The fourth-order valence-corrected chi connectivity index (χ4v) is 7.80. The molecule has 0 saturated heterocycles. The summed E-state index contributed by atoms with van der Waals surface area (Å²) in [7, 11) is -14.0. The Kier molecular flexibility index (Phi) is 12.1. The van der Waals surface area contributed by atoms with Crippen LogP contribution in [0.3, 0.4) is 0 Å². The Morgan fingerprint density at radius 3 is 1.18 bits per heavy atom. The summed E-state index contributed by atoms with van der Waals surface area (Å²) in [5, 5.41) is 0. The molecule has 0 aliphatic heterocycles. The molecule has 0 rings (SSSR count). The highest BCUT2D eigenvalue weighted by atomic mass is 32.3. The van der Waals surface area contributed by atoms with Crippen LogP contribution in [0.1, 0.15) is 47.5 Å². The molecule has 0 aliphatic rings. The number of halogens is 6. The second kappa shape index (κ2) is 11.3. The van der Waals surface area contributed by atoms with Crippen LogP contribution in [0.15, 0.2) is 0 Å². The zero-order valence-electron chi connectivity index (χ0n) is 16.4. The molecule has 5 nitrogen and oxygen atoms in total. The molecule has 28 heavy (non-hydrogen) atoms. The maximum atomic E-state index is 11.4. The fraction of sp³-hybridized carbons (Fsp3) is 1.00. The molecular weight excluding hydrogens is 455 g/mol. The smallest absolute Gasteiger partial charge is 0.421 e. The van der Waals surface area contributed by atoms with Gasteiger partial charge in [0.15, 0.2) is 20.0 Å². The molecule has 0 N–H and O–H groups in total. The molecule has 0 spiro atoms. The van der Waals surface area contributed by atoms with Gasteiger partial charge in [0.05, 0.1) is 24.6 Å². The van der Waals surface area contributed by atoms with Crippen LogP contribution < -0.4 is 0 Å². The molecule has 0 aliphatic carbocycles. The number of hydrogen-bond acceptors (Lipinski definition) is 4. The first kappa shape index (κ1) is 30.1. The van der Waals surface area contributed by atoms with Gasteiger partial charge in [-0.3, -0.25) is 0 Å². The van der Waals surface area contributed by atoms with Gasteiger partial charge in [0.25, 0.3) is 0 Å². The molecule has 0 aromatic heterocycles. The van der Waals surface area contributed by atoms with Crippen LogP contribution >= 0.6 is 7.26 Å². The van der Waals surface area contributed by atoms with Gasteiger partial charge in [-0.2, -0.15) is 26.3 Å². The number of hydrogen-bond donors (Lipinski definition) is 0. The first-order chi connectivity index (χ1) is 12.4. The lowest BCUT2D eigenvalue weighted by Crippen LogP contribution is -2.30. The van der Waals surface area contributed by atoms with E-state index < -0.39 is 38.3 Å². The van der Waals surface area contributed by atoms with E-state index in [0.717, 1.165) is 10.0 Å². The Balaban J connectivity index is 0. The number of nitrogens with zero attached hydrogens (tertiary/aromatic N) is 1. The van der Waals surface area contributed by atoms with Crippen molar-refractivity contribution < 1.29 is 43.2 Å². The highest BCUT2D eigenvalue weighted by Crippen LogP contribution is 2.59. The average Bonchev–Trinajstić information content (AvgIpc) is 2.54. The minimum Gasteiger partial charge on any atom is -0.421 e. The first-order valence-electron chi connectivity index (χ1n) is 8.60. The van der Waals surface area contributed by atoms with Crippen LogP contribution in [0.5, 0.6) is 0 Å². The van der Waals surface area contributed by atoms with Crippen LogP contribution in [0.2, 0.25) is 0 Å². The Bertz CT molecular complexity index is 604. The summed E-state index contributed by atoms with van der Waals surface area (Å²) < 4.78 is 109. The third-order valence-electron chi connectivity index (χ3n) is 4.59. The van der Waals surface area contributed by atoms with E-state index in [-0.39, 0.29) is 0 Å². The van der Waals surface area contributed by atoms with Gasteiger partial charge < -0.3 is 4.13 Å². The quantitative estimate of drug-likeness (QED) is 0.318. The van der Waals surface area contributed by atoms with Gasteiger partial charge in [-0.1, -0.05) is 13.8 Å². The molecule has 0 saturated carbocycles. The van der Waals surface area contributed by atoms with E-state index in [1.165, 1.54) is 31.3 Å². The molecule has 172 valence electrons. The van der Waals surface area contributed by atoms with Crippen molar-refractivity contribution >= 4 is 27.3 Å². The van der Waals surface area contributed by atoms with Gasteiger partial charge in [0.2, 0.25) is 0 Å². The van der Waals surface area contributed by atoms with E-state index in [4.69, 9.17) is 0 Å². The molecule has 0 amide bonds. The van der Waals surface area contributed by atoms with E-state index >= 15 is 0 Å². The largest absolute Gasteiger partial charge is 0.480 e. The van der Waals surface area contributed by atoms with Crippen molar-refractivity contribution in [2.24, 2.45) is 5.92 Å². The minimum atomic E-state index is -6.72. The predicted molar refractivity (Wildman–Crippen MR) is 101 cm³/mol. The molecule has 0 unspecified atom stereocenters. The van der Waals surface area contributed by atoms with Crippen molar-refractivity contribution in [3.8, 4) is 0 Å². The maximum Gasteiger partial charge on any atom is 0.480 e. The third-order valence-corrected chi connectivity index (χ3v) is 12.6. The molecule has 0 aromatic carbocycles. The Labute approximate surface area is 164 Å². The fourth-order valence-electron chi connectivity index (χ4n) is 2.37. The normalized spacial score (nSPS) is 14.0. The van der Waals surface area contributed by atoms with Gasteiger partial charge in [-0.05, 0) is 39.5 Å². The highest BCUT2D eigenvalue weighted by molar-refractivity contribution is 8.13. The first-order valence-corrected chi connectivity index (χ1v) is 14.0. The molecule has 0 aromatic rings. The Morgan fingerprint density at radius 1 is 0.714 bits per heavy atom. The zero-order valence-corrected chi connectivity index (χ0v) is 19.0. The number of sulfonamides is 2. The Morgan fingerprint density at radius 2 is 1.00 bits per heavy atom. The average molecular weight is 483 g/mol. The van der Waals surface area contributed by atoms with Gasteiger partial charge in [0, 0.05) is 7.26 Å². The van der Waals surface area contributed by atoms with Crippen LogP contribution in [0.25, 0.3) is 4.13 Å². The zero-order chi connectivity index (χ0) is 23.0. The highest BCUT2D eigenvalue weighted by Gasteiger charge is 2.46. The van der Waals surface area contributed by atoms with E-state index in [2.05, 4.69) is 34.6 Å². The monoisotopic (exact) mass is 483 g/mol. The molecule has 0 bridgehead atoms. The van der Waals surface area contributed by atoms with Crippen LogP contribution in [-0.2, 0) is 20.0 Å². The van der Waals surface area contributed by atoms with Crippen molar-refractivity contribution in [1.82, 2.24) is 0 Å². The lowest BCUT2D eigenvalue weighted by molar-refractivity contribution is -0.0444. The van der Waals surface area contributed by atoms with E-state index in [9.17, 15) is 43.2 Å². The molecule has 14 heteroatoms. The van der Waals surface area contributed by atoms with Crippen molar-refractivity contribution in [3.63, 3.8) is 0 Å². The van der Waals surface area contributed by atoms with E-state index in [1.807, 2.05) is 0 Å². The van der Waals surface area contributed by atoms with Crippen LogP contribution in [-0.4, -0.2) is 52.5 Å². The van der Waals surface area contributed by atoms with Crippen molar-refractivity contribution in [1.29, 1.82) is 0 Å². The van der Waals surface area contributed by atoms with Gasteiger partial charge in [0.1, 0.15) is 0 Å². The lowest BCUT2D eigenvalue weighted by atomic mass is 10.1. The van der Waals surface area contributed by atoms with Crippen molar-refractivity contribution in [3.05, 3.63) is 4.13 Å². The molecule has 0 heterocycles. The minimum absolute atomic E-state index is 0.528. The topological polar surface area (TPSA) is 82.4 Å². The summed E-state index contributed by atoms with van der Waals surface area (Å²) in [5.74, 6) is 1.01. The van der Waals surface area contributed by atoms with Crippen molar-refractivity contribution in [2.75, 3.05) is 24.6 Å². The molecule has 0 atom stereocenters. The van der Waals surface area contributed by atoms with Crippen molar-refractivity contribution in [2.45, 2.75) is 58.5 Å². The van der Waals surface area contributed by atoms with Gasteiger partial charge in [-0.25, -0.2) is 16.8 Å². The molecular formula is C14H28F6NO4PS2. The maximum absolute atomic E-state index is 11.4.